The quantitative estimate of drug-likeness (QED) is 0.497. The van der Waals surface area contributed by atoms with Gasteiger partial charge in [0.15, 0.2) is 11.0 Å². The molecule has 0 unspecified atom stereocenters. The van der Waals surface area contributed by atoms with Crippen molar-refractivity contribution in [1.29, 1.82) is 0 Å². The fourth-order valence-electron chi connectivity index (χ4n) is 2.29. The van der Waals surface area contributed by atoms with E-state index in [1.807, 2.05) is 0 Å². The van der Waals surface area contributed by atoms with Gasteiger partial charge in [-0.05, 0) is 34.1 Å². The number of fused-ring (bicyclic) bond motifs is 1. The number of anilines is 1. The lowest BCUT2D eigenvalue weighted by atomic mass is 10.2. The van der Waals surface area contributed by atoms with E-state index >= 15 is 0 Å². The first kappa shape index (κ1) is 18.5. The lowest BCUT2D eigenvalue weighted by Gasteiger charge is -2.10. The van der Waals surface area contributed by atoms with E-state index < -0.39 is 17.5 Å². The van der Waals surface area contributed by atoms with Gasteiger partial charge in [-0.1, -0.05) is 23.9 Å². The van der Waals surface area contributed by atoms with Gasteiger partial charge in [0.05, 0.1) is 22.3 Å². The molecular weight excluding hydrogens is 428 g/mol. The minimum Gasteiger partial charge on any atom is -0.322 e. The number of carbonyl (C=O) groups excluding carboxylic acids is 1. The molecule has 0 spiro atoms. The number of hydrogen-bond acceptors (Lipinski definition) is 4. The first-order valence-corrected chi connectivity index (χ1v) is 9.17. The zero-order chi connectivity index (χ0) is 18.8. The highest BCUT2D eigenvalue weighted by molar-refractivity contribution is 9.10. The van der Waals surface area contributed by atoms with Crippen LogP contribution < -0.4 is 10.9 Å². The number of carbonyl (C=O) groups is 1. The van der Waals surface area contributed by atoms with E-state index in [0.717, 1.165) is 17.8 Å². The summed E-state index contributed by atoms with van der Waals surface area (Å²) in [4.78, 5) is 28.8. The highest BCUT2D eigenvalue weighted by Gasteiger charge is 2.15. The van der Waals surface area contributed by atoms with Gasteiger partial charge in [-0.2, -0.15) is 0 Å². The number of thioether (sulfide) groups is 1. The fourth-order valence-corrected chi connectivity index (χ4v) is 3.57. The van der Waals surface area contributed by atoms with Crippen LogP contribution in [0.5, 0.6) is 0 Å². The molecule has 0 atom stereocenters. The first-order chi connectivity index (χ1) is 12.4. The van der Waals surface area contributed by atoms with Crippen molar-refractivity contribution < 1.29 is 13.6 Å². The minimum absolute atomic E-state index is 0.0954. The SMILES string of the molecule is Cn1c(SCC(=O)Nc2c(F)cc(F)cc2Br)nc2ccccc2c1=O. The van der Waals surface area contributed by atoms with Crippen LogP contribution in [0.2, 0.25) is 0 Å². The van der Waals surface area contributed by atoms with Gasteiger partial charge in [-0.3, -0.25) is 14.2 Å². The van der Waals surface area contributed by atoms with Gasteiger partial charge >= 0.3 is 0 Å². The van der Waals surface area contributed by atoms with E-state index in [0.29, 0.717) is 22.1 Å². The zero-order valence-electron chi connectivity index (χ0n) is 13.4. The molecule has 3 rings (SSSR count). The Bertz CT molecular complexity index is 1050. The minimum atomic E-state index is -0.883. The Hall–Kier alpha value is -2.26. The molecule has 5 nitrogen and oxygen atoms in total. The van der Waals surface area contributed by atoms with Crippen LogP contribution in [0.1, 0.15) is 0 Å². The van der Waals surface area contributed by atoms with Crippen molar-refractivity contribution in [2.45, 2.75) is 5.16 Å². The second kappa shape index (κ2) is 7.55. The summed E-state index contributed by atoms with van der Waals surface area (Å²) < 4.78 is 28.3. The number of para-hydroxylation sites is 1. The van der Waals surface area contributed by atoms with Crippen LogP contribution in [0.3, 0.4) is 0 Å². The molecule has 0 aliphatic heterocycles. The van der Waals surface area contributed by atoms with Gasteiger partial charge in [0.1, 0.15) is 5.82 Å². The monoisotopic (exact) mass is 439 g/mol. The Labute approximate surface area is 159 Å². The maximum atomic E-state index is 13.8. The van der Waals surface area contributed by atoms with Crippen LogP contribution in [0.15, 0.2) is 50.8 Å². The van der Waals surface area contributed by atoms with Crippen molar-refractivity contribution in [3.8, 4) is 0 Å². The van der Waals surface area contributed by atoms with Crippen molar-refractivity contribution >= 4 is 50.2 Å². The Morgan fingerprint density at radius 1 is 1.31 bits per heavy atom. The third-order valence-electron chi connectivity index (χ3n) is 3.55. The molecule has 1 N–H and O–H groups in total. The number of hydrogen-bond donors (Lipinski definition) is 1. The molecule has 0 radical (unpaired) electrons. The van der Waals surface area contributed by atoms with Crippen LogP contribution in [0.25, 0.3) is 10.9 Å². The van der Waals surface area contributed by atoms with Crippen molar-refractivity contribution in [3.05, 3.63) is 62.9 Å². The molecule has 2 aromatic carbocycles. The highest BCUT2D eigenvalue weighted by atomic mass is 79.9. The third-order valence-corrected chi connectivity index (χ3v) is 5.20. The molecule has 9 heteroatoms. The number of amides is 1. The predicted molar refractivity (Wildman–Crippen MR) is 100 cm³/mol. The normalized spacial score (nSPS) is 10.9. The lowest BCUT2D eigenvalue weighted by Crippen LogP contribution is -2.21. The summed E-state index contributed by atoms with van der Waals surface area (Å²) in [6.07, 6.45) is 0. The van der Waals surface area contributed by atoms with Crippen molar-refractivity contribution in [2.75, 3.05) is 11.1 Å². The van der Waals surface area contributed by atoms with Crippen LogP contribution in [-0.4, -0.2) is 21.2 Å². The molecule has 0 bridgehead atoms. The molecule has 0 saturated heterocycles. The van der Waals surface area contributed by atoms with Crippen LogP contribution in [0, 0.1) is 11.6 Å². The Morgan fingerprint density at radius 3 is 2.77 bits per heavy atom. The molecule has 1 amide bonds. The molecule has 0 aliphatic rings. The molecule has 26 heavy (non-hydrogen) atoms. The number of nitrogens with one attached hydrogen (secondary N) is 1. The molecular formula is C17H12BrF2N3O2S. The van der Waals surface area contributed by atoms with Gasteiger partial charge in [0.2, 0.25) is 5.91 Å². The van der Waals surface area contributed by atoms with Crippen LogP contribution in [0.4, 0.5) is 14.5 Å². The molecule has 0 aliphatic carbocycles. The second-order valence-electron chi connectivity index (χ2n) is 5.36. The summed E-state index contributed by atoms with van der Waals surface area (Å²) in [5.74, 6) is -2.24. The highest BCUT2D eigenvalue weighted by Crippen LogP contribution is 2.27. The topological polar surface area (TPSA) is 64.0 Å². The average molecular weight is 440 g/mol. The number of nitrogens with zero attached hydrogens (tertiary/aromatic N) is 2. The number of halogens is 3. The van der Waals surface area contributed by atoms with E-state index in [4.69, 9.17) is 0 Å². The Kier molecular flexibility index (Phi) is 5.38. The van der Waals surface area contributed by atoms with Crippen molar-refractivity contribution in [1.82, 2.24) is 9.55 Å². The average Bonchev–Trinajstić information content (AvgIpc) is 2.60. The van der Waals surface area contributed by atoms with Crippen LogP contribution in [-0.2, 0) is 11.8 Å². The molecule has 1 heterocycles. The predicted octanol–water partition coefficient (Wildman–Crippen LogP) is 3.71. The standard InChI is InChI=1S/C17H12BrF2N3O2S/c1-23-16(25)10-4-2-3-5-13(10)21-17(23)26-8-14(24)22-15-11(18)6-9(19)7-12(15)20/h2-7H,8H2,1H3,(H,22,24). The number of aromatic nitrogens is 2. The van der Waals surface area contributed by atoms with Gasteiger partial charge in [0.25, 0.3) is 5.56 Å². The number of benzene rings is 2. The molecule has 3 aromatic rings. The summed E-state index contributed by atoms with van der Waals surface area (Å²) >= 11 is 4.06. The molecule has 1 aromatic heterocycles. The van der Waals surface area contributed by atoms with Gasteiger partial charge in [-0.25, -0.2) is 13.8 Å². The van der Waals surface area contributed by atoms with E-state index in [9.17, 15) is 18.4 Å². The Morgan fingerprint density at radius 2 is 2.04 bits per heavy atom. The third kappa shape index (κ3) is 3.78. The second-order valence-corrected chi connectivity index (χ2v) is 7.15. The molecule has 0 fully saturated rings. The summed E-state index contributed by atoms with van der Waals surface area (Å²) in [5.41, 5.74) is 0.175. The zero-order valence-corrected chi connectivity index (χ0v) is 15.8. The Balaban J connectivity index is 1.77. The smallest absolute Gasteiger partial charge is 0.261 e. The fraction of sp³-hybridized carbons (Fsp3) is 0.118. The summed E-state index contributed by atoms with van der Waals surface area (Å²) in [5, 5.41) is 3.23. The van der Waals surface area contributed by atoms with Crippen molar-refractivity contribution in [3.63, 3.8) is 0 Å². The van der Waals surface area contributed by atoms with Crippen LogP contribution >= 0.6 is 27.7 Å². The van der Waals surface area contributed by atoms with E-state index in [2.05, 4.69) is 26.2 Å². The number of rotatable bonds is 4. The maximum absolute atomic E-state index is 13.8. The van der Waals surface area contributed by atoms with E-state index in [-0.39, 0.29) is 21.5 Å². The van der Waals surface area contributed by atoms with E-state index in [1.165, 1.54) is 4.57 Å². The van der Waals surface area contributed by atoms with E-state index in [1.54, 1.807) is 31.3 Å². The summed E-state index contributed by atoms with van der Waals surface area (Å²) in [7, 11) is 1.57. The van der Waals surface area contributed by atoms with Gasteiger partial charge in [0, 0.05) is 17.6 Å². The summed E-state index contributed by atoms with van der Waals surface area (Å²) in [6, 6.07) is 8.65. The largest absolute Gasteiger partial charge is 0.322 e. The summed E-state index contributed by atoms with van der Waals surface area (Å²) in [6.45, 7) is 0. The van der Waals surface area contributed by atoms with Gasteiger partial charge in [-0.15, -0.1) is 0 Å². The van der Waals surface area contributed by atoms with Crippen molar-refractivity contribution in [2.24, 2.45) is 7.05 Å². The molecule has 134 valence electrons. The maximum Gasteiger partial charge on any atom is 0.261 e. The molecule has 0 saturated carbocycles. The van der Waals surface area contributed by atoms with Gasteiger partial charge < -0.3 is 5.32 Å². The first-order valence-electron chi connectivity index (χ1n) is 7.40. The lowest BCUT2D eigenvalue weighted by molar-refractivity contribution is -0.113.